The summed E-state index contributed by atoms with van der Waals surface area (Å²) in [4.78, 5) is 2.69. The number of hydroxylamine groups is 2. The lowest BCUT2D eigenvalue weighted by Crippen LogP contribution is -2.59. The molecule has 0 aromatic heterocycles. The standard InChI is InChI=1S/C24H30ClN3O/c25-20-10-8-19(9-11-20)24(14-4-1-5-15-24)27-16-12-21(13-17-27)28(29)18-26-22-6-2-3-7-23(22)28/h2-3,6-11,21,26H,1,4-5,12-18H2. The SMILES string of the molecule is [O-][N+]1(C2CCN(C3(c4ccc(Cl)cc4)CCCCC3)CC2)CNc2ccccc21. The highest BCUT2D eigenvalue weighted by Crippen LogP contribution is 2.46. The van der Waals surface area contributed by atoms with Crippen LogP contribution in [0.1, 0.15) is 50.5 Å². The van der Waals surface area contributed by atoms with Crippen LogP contribution in [0.2, 0.25) is 5.02 Å². The fraction of sp³-hybridized carbons (Fsp3) is 0.500. The second-order valence-electron chi connectivity index (χ2n) is 8.96. The number of piperidine rings is 1. The number of fused-ring (bicyclic) bond motifs is 1. The third-order valence-electron chi connectivity index (χ3n) is 7.54. The molecule has 0 radical (unpaired) electrons. The molecule has 0 bridgehead atoms. The first-order chi connectivity index (χ1) is 14.1. The van der Waals surface area contributed by atoms with E-state index in [0.717, 1.165) is 42.3 Å². The van der Waals surface area contributed by atoms with Crippen LogP contribution in [0.15, 0.2) is 48.5 Å². The molecule has 2 aliphatic heterocycles. The molecule has 1 aliphatic carbocycles. The normalized spacial score (nSPS) is 27.4. The predicted molar refractivity (Wildman–Crippen MR) is 121 cm³/mol. The van der Waals surface area contributed by atoms with Crippen molar-refractivity contribution in [2.45, 2.75) is 56.5 Å². The van der Waals surface area contributed by atoms with Gasteiger partial charge in [0, 0.05) is 42.6 Å². The number of nitrogens with one attached hydrogen (secondary N) is 1. The Labute approximate surface area is 178 Å². The number of hydrogen-bond donors (Lipinski definition) is 1. The summed E-state index contributed by atoms with van der Waals surface area (Å²) in [5.74, 6) is 0. The number of hydrogen-bond acceptors (Lipinski definition) is 3. The average molecular weight is 412 g/mol. The highest BCUT2D eigenvalue weighted by molar-refractivity contribution is 6.30. The molecule has 1 unspecified atom stereocenters. The van der Waals surface area contributed by atoms with E-state index in [1.54, 1.807) is 0 Å². The number of rotatable bonds is 3. The molecule has 2 heterocycles. The van der Waals surface area contributed by atoms with Gasteiger partial charge in [0.25, 0.3) is 0 Å². The summed E-state index contributed by atoms with van der Waals surface area (Å²) in [6.07, 6.45) is 8.21. The molecule has 2 fully saturated rings. The van der Waals surface area contributed by atoms with Gasteiger partial charge in [-0.15, -0.1) is 0 Å². The summed E-state index contributed by atoms with van der Waals surface area (Å²) in [5, 5.41) is 17.9. The highest BCUT2D eigenvalue weighted by Gasteiger charge is 2.45. The molecule has 5 heteroatoms. The first kappa shape index (κ1) is 19.4. The van der Waals surface area contributed by atoms with E-state index in [2.05, 4.69) is 22.3 Å². The van der Waals surface area contributed by atoms with E-state index in [1.807, 2.05) is 36.4 Å². The van der Waals surface area contributed by atoms with Gasteiger partial charge < -0.3 is 15.2 Å². The van der Waals surface area contributed by atoms with Crippen molar-refractivity contribution in [3.05, 3.63) is 64.3 Å². The molecule has 1 N–H and O–H groups in total. The Bertz CT molecular complexity index is 857. The van der Waals surface area contributed by atoms with Crippen molar-refractivity contribution in [3.63, 3.8) is 0 Å². The van der Waals surface area contributed by atoms with E-state index in [4.69, 9.17) is 11.6 Å². The summed E-state index contributed by atoms with van der Waals surface area (Å²) in [5.41, 5.74) is 3.44. The van der Waals surface area contributed by atoms with Crippen molar-refractivity contribution in [2.75, 3.05) is 25.1 Å². The Kier molecular flexibility index (Phi) is 5.07. The monoisotopic (exact) mass is 411 g/mol. The Balaban J connectivity index is 1.37. The molecule has 2 aromatic carbocycles. The number of halogens is 1. The zero-order chi connectivity index (χ0) is 19.9. The molecular weight excluding hydrogens is 382 g/mol. The fourth-order valence-corrected chi connectivity index (χ4v) is 6.09. The molecule has 1 saturated carbocycles. The summed E-state index contributed by atoms with van der Waals surface area (Å²) >= 11 is 6.17. The minimum absolute atomic E-state index is 0.114. The first-order valence-corrected chi connectivity index (χ1v) is 11.4. The van der Waals surface area contributed by atoms with Gasteiger partial charge in [0.05, 0.1) is 6.04 Å². The zero-order valence-electron chi connectivity index (χ0n) is 16.9. The molecule has 29 heavy (non-hydrogen) atoms. The smallest absolute Gasteiger partial charge is 0.158 e. The minimum atomic E-state index is -0.210. The van der Waals surface area contributed by atoms with Gasteiger partial charge in [-0.25, -0.2) is 0 Å². The van der Waals surface area contributed by atoms with Gasteiger partial charge in [-0.2, -0.15) is 0 Å². The number of likely N-dealkylation sites (tertiary alicyclic amines) is 1. The largest absolute Gasteiger partial charge is 0.626 e. The second-order valence-corrected chi connectivity index (χ2v) is 9.40. The molecular formula is C24H30ClN3O. The van der Waals surface area contributed by atoms with Crippen molar-refractivity contribution < 1.29 is 0 Å². The van der Waals surface area contributed by atoms with E-state index >= 15 is 0 Å². The number of para-hydroxylation sites is 2. The van der Waals surface area contributed by atoms with Crippen LogP contribution >= 0.6 is 11.6 Å². The maximum atomic E-state index is 13.8. The van der Waals surface area contributed by atoms with Gasteiger partial charge in [-0.05, 0) is 36.6 Å². The van der Waals surface area contributed by atoms with Gasteiger partial charge in [0.2, 0.25) is 0 Å². The Morgan fingerprint density at radius 1 is 0.966 bits per heavy atom. The maximum absolute atomic E-state index is 13.8. The van der Waals surface area contributed by atoms with Crippen LogP contribution in [0.4, 0.5) is 11.4 Å². The Morgan fingerprint density at radius 3 is 2.38 bits per heavy atom. The number of anilines is 1. The van der Waals surface area contributed by atoms with Crippen LogP contribution in [0, 0.1) is 5.21 Å². The molecule has 3 aliphatic rings. The van der Waals surface area contributed by atoms with Crippen LogP contribution in [0.5, 0.6) is 0 Å². The van der Waals surface area contributed by atoms with Crippen LogP contribution in [-0.4, -0.2) is 30.7 Å². The summed E-state index contributed by atoms with van der Waals surface area (Å²) < 4.78 is -0.210. The average Bonchev–Trinajstić information content (AvgIpc) is 3.13. The molecule has 0 amide bonds. The van der Waals surface area contributed by atoms with E-state index < -0.39 is 0 Å². The van der Waals surface area contributed by atoms with E-state index in [9.17, 15) is 5.21 Å². The topological polar surface area (TPSA) is 38.3 Å². The maximum Gasteiger partial charge on any atom is 0.158 e. The quantitative estimate of drug-likeness (QED) is 0.508. The molecule has 5 rings (SSSR count). The van der Waals surface area contributed by atoms with Crippen molar-refractivity contribution in [3.8, 4) is 0 Å². The Morgan fingerprint density at radius 2 is 1.66 bits per heavy atom. The second kappa shape index (κ2) is 7.59. The number of benzene rings is 2. The lowest BCUT2D eigenvalue weighted by Gasteiger charge is -2.53. The molecule has 1 saturated heterocycles. The van der Waals surface area contributed by atoms with Gasteiger partial charge in [0.1, 0.15) is 5.69 Å². The number of nitrogens with zero attached hydrogens (tertiary/aromatic N) is 2. The number of quaternary nitrogens is 1. The molecule has 1 atom stereocenters. The molecule has 154 valence electrons. The van der Waals surface area contributed by atoms with Crippen molar-refractivity contribution in [2.24, 2.45) is 0 Å². The van der Waals surface area contributed by atoms with Crippen molar-refractivity contribution >= 4 is 23.0 Å². The van der Waals surface area contributed by atoms with Crippen molar-refractivity contribution in [1.82, 2.24) is 9.55 Å². The van der Waals surface area contributed by atoms with Crippen LogP contribution in [-0.2, 0) is 5.54 Å². The van der Waals surface area contributed by atoms with Crippen LogP contribution in [0.25, 0.3) is 0 Å². The molecule has 4 nitrogen and oxygen atoms in total. The lowest BCUT2D eigenvalue weighted by molar-refractivity contribution is 0.0128. The van der Waals surface area contributed by atoms with E-state index in [1.165, 1.54) is 37.7 Å². The van der Waals surface area contributed by atoms with Crippen molar-refractivity contribution in [1.29, 1.82) is 0 Å². The van der Waals surface area contributed by atoms with Gasteiger partial charge in [-0.1, -0.05) is 55.1 Å². The summed E-state index contributed by atoms with van der Waals surface area (Å²) in [6, 6.07) is 16.7. The highest BCUT2D eigenvalue weighted by atomic mass is 35.5. The van der Waals surface area contributed by atoms with Gasteiger partial charge in [0.15, 0.2) is 12.4 Å². The Hall–Kier alpha value is -1.59. The van der Waals surface area contributed by atoms with E-state index in [0.29, 0.717) is 6.67 Å². The molecule has 2 aromatic rings. The van der Waals surface area contributed by atoms with Gasteiger partial charge >= 0.3 is 0 Å². The zero-order valence-corrected chi connectivity index (χ0v) is 17.7. The fourth-order valence-electron chi connectivity index (χ4n) is 5.96. The van der Waals surface area contributed by atoms with Crippen LogP contribution < -0.4 is 9.96 Å². The lowest BCUT2D eigenvalue weighted by atomic mass is 9.74. The first-order valence-electron chi connectivity index (χ1n) is 11.1. The summed E-state index contributed by atoms with van der Waals surface area (Å²) in [7, 11) is 0. The predicted octanol–water partition coefficient (Wildman–Crippen LogP) is 5.85. The van der Waals surface area contributed by atoms with Crippen LogP contribution in [0.3, 0.4) is 0 Å². The molecule has 0 spiro atoms. The minimum Gasteiger partial charge on any atom is -0.626 e. The summed E-state index contributed by atoms with van der Waals surface area (Å²) in [6.45, 7) is 2.46. The van der Waals surface area contributed by atoms with Gasteiger partial charge in [-0.3, -0.25) is 4.90 Å². The third-order valence-corrected chi connectivity index (χ3v) is 7.79. The third kappa shape index (κ3) is 3.27. The van der Waals surface area contributed by atoms with E-state index in [-0.39, 0.29) is 16.2 Å².